The maximum Gasteiger partial charge on any atom is 0.326 e. The molecule has 2 aromatic carbocycles. The topological polar surface area (TPSA) is 171 Å². The molecular weight excluding hydrogens is 476 g/mol. The van der Waals surface area contributed by atoms with E-state index in [0.29, 0.717) is 18.4 Å². The predicted octanol–water partition coefficient (Wildman–Crippen LogP) is 1.11. The van der Waals surface area contributed by atoms with Crippen molar-refractivity contribution >= 4 is 23.7 Å². The maximum atomic E-state index is 13.1. The summed E-state index contributed by atoms with van der Waals surface area (Å²) in [6, 6.07) is 11.2. The van der Waals surface area contributed by atoms with Crippen LogP contribution in [0.5, 0.6) is 5.75 Å². The zero-order valence-electron chi connectivity index (χ0n) is 21.3. The second kappa shape index (κ2) is 14.0. The molecule has 3 amide bonds. The van der Waals surface area contributed by atoms with E-state index in [-0.39, 0.29) is 18.1 Å². The average Bonchev–Trinajstić information content (AvgIpc) is 2.87. The first-order valence-electron chi connectivity index (χ1n) is 12.2. The monoisotopic (exact) mass is 512 g/mol. The van der Waals surface area contributed by atoms with E-state index in [1.165, 1.54) is 19.1 Å². The number of phenols is 1. The zero-order chi connectivity index (χ0) is 27.5. The van der Waals surface area contributed by atoms with E-state index >= 15 is 0 Å². The number of carboxylic acid groups (broad SMARTS) is 1. The number of rotatable bonds is 13. The van der Waals surface area contributed by atoms with Gasteiger partial charge in [0.25, 0.3) is 0 Å². The highest BCUT2D eigenvalue weighted by Gasteiger charge is 2.31. The Balaban J connectivity index is 2.10. The highest BCUT2D eigenvalue weighted by molar-refractivity contribution is 5.94. The van der Waals surface area contributed by atoms with Crippen molar-refractivity contribution in [2.24, 2.45) is 11.7 Å². The molecule has 2 rings (SSSR count). The van der Waals surface area contributed by atoms with Gasteiger partial charge in [0.05, 0.1) is 6.04 Å². The van der Waals surface area contributed by atoms with Gasteiger partial charge in [-0.05, 0) is 42.5 Å². The van der Waals surface area contributed by atoms with E-state index in [9.17, 15) is 29.4 Å². The molecule has 10 heteroatoms. The van der Waals surface area contributed by atoms with Crippen molar-refractivity contribution in [1.29, 1.82) is 0 Å². The number of amides is 3. The Morgan fingerprint density at radius 2 is 1.41 bits per heavy atom. The Kier molecular flexibility index (Phi) is 11.1. The first-order chi connectivity index (χ1) is 17.5. The van der Waals surface area contributed by atoms with E-state index in [1.54, 1.807) is 19.1 Å². The molecular formula is C27H36N4O6. The molecule has 200 valence electrons. The van der Waals surface area contributed by atoms with E-state index in [0.717, 1.165) is 5.56 Å². The molecule has 7 N–H and O–H groups in total. The average molecular weight is 513 g/mol. The number of benzene rings is 2. The fourth-order valence-electron chi connectivity index (χ4n) is 3.66. The third-order valence-electron chi connectivity index (χ3n) is 6.17. The molecule has 0 heterocycles. The normalized spacial score (nSPS) is 14.9. The highest BCUT2D eigenvalue weighted by Crippen LogP contribution is 2.13. The SMILES string of the molecule is CCC(C)C(NC(=O)C(Cc1ccc(O)cc1)NC(=O)C(C)NC(=O)C(N)Cc1ccccc1)C(=O)O. The Bertz CT molecular complexity index is 1060. The molecule has 37 heavy (non-hydrogen) atoms. The van der Waals surface area contributed by atoms with Crippen LogP contribution in [0.4, 0.5) is 0 Å². The van der Waals surface area contributed by atoms with Crippen LogP contribution in [0.15, 0.2) is 54.6 Å². The van der Waals surface area contributed by atoms with E-state index in [4.69, 9.17) is 5.73 Å². The lowest BCUT2D eigenvalue weighted by atomic mass is 9.98. The molecule has 0 radical (unpaired) electrons. The minimum absolute atomic E-state index is 0.0406. The summed E-state index contributed by atoms with van der Waals surface area (Å²) >= 11 is 0. The number of carbonyl (C=O) groups is 4. The summed E-state index contributed by atoms with van der Waals surface area (Å²) in [5.41, 5.74) is 7.51. The molecule has 0 saturated heterocycles. The number of aliphatic carboxylic acids is 1. The first-order valence-corrected chi connectivity index (χ1v) is 12.2. The number of nitrogens with one attached hydrogen (secondary N) is 3. The molecule has 0 aromatic heterocycles. The molecule has 0 aliphatic heterocycles. The van der Waals surface area contributed by atoms with Crippen LogP contribution < -0.4 is 21.7 Å². The van der Waals surface area contributed by atoms with Crippen molar-refractivity contribution < 1.29 is 29.4 Å². The molecule has 2 aromatic rings. The van der Waals surface area contributed by atoms with Gasteiger partial charge < -0.3 is 31.9 Å². The van der Waals surface area contributed by atoms with Gasteiger partial charge >= 0.3 is 5.97 Å². The van der Waals surface area contributed by atoms with Crippen molar-refractivity contribution in [2.45, 2.75) is 64.2 Å². The van der Waals surface area contributed by atoms with E-state index in [1.807, 2.05) is 37.3 Å². The van der Waals surface area contributed by atoms with Gasteiger partial charge in [-0.15, -0.1) is 0 Å². The summed E-state index contributed by atoms with van der Waals surface area (Å²) in [6.07, 6.45) is 0.858. The van der Waals surface area contributed by atoms with E-state index in [2.05, 4.69) is 16.0 Å². The molecule has 0 aliphatic rings. The quantitative estimate of drug-likeness (QED) is 0.233. The molecule has 0 saturated carbocycles. The standard InChI is InChI=1S/C27H36N4O6/c1-4-16(2)23(27(36)37)31-26(35)22(15-19-10-12-20(32)13-11-19)30-24(33)17(3)29-25(34)21(28)14-18-8-6-5-7-9-18/h5-13,16-17,21-23,32H,4,14-15,28H2,1-3H3,(H,29,34)(H,30,33)(H,31,35)(H,36,37). The third-order valence-corrected chi connectivity index (χ3v) is 6.17. The smallest absolute Gasteiger partial charge is 0.326 e. The van der Waals surface area contributed by atoms with Crippen molar-refractivity contribution in [2.75, 3.05) is 0 Å². The Hall–Kier alpha value is -3.92. The molecule has 0 spiro atoms. The lowest BCUT2D eigenvalue weighted by molar-refractivity contribution is -0.143. The fourth-order valence-corrected chi connectivity index (χ4v) is 3.66. The van der Waals surface area contributed by atoms with Gasteiger partial charge in [-0.2, -0.15) is 0 Å². The Morgan fingerprint density at radius 3 is 1.97 bits per heavy atom. The van der Waals surface area contributed by atoms with Gasteiger partial charge in [-0.3, -0.25) is 14.4 Å². The number of nitrogens with two attached hydrogens (primary N) is 1. The molecule has 5 atom stereocenters. The minimum atomic E-state index is -1.18. The van der Waals surface area contributed by atoms with Gasteiger partial charge in [0, 0.05) is 6.42 Å². The molecule has 0 fully saturated rings. The molecule has 0 aliphatic carbocycles. The molecule has 10 nitrogen and oxygen atoms in total. The van der Waals surface area contributed by atoms with Crippen LogP contribution in [0.25, 0.3) is 0 Å². The van der Waals surface area contributed by atoms with Crippen LogP contribution in [0.2, 0.25) is 0 Å². The van der Waals surface area contributed by atoms with Gasteiger partial charge in [-0.1, -0.05) is 62.7 Å². The number of carbonyl (C=O) groups excluding carboxylic acids is 3. The Morgan fingerprint density at radius 1 is 0.811 bits per heavy atom. The molecule has 5 unspecified atom stereocenters. The van der Waals surface area contributed by atoms with Gasteiger partial charge in [0.2, 0.25) is 17.7 Å². The number of phenolic OH excluding ortho intramolecular Hbond substituents is 1. The van der Waals surface area contributed by atoms with Gasteiger partial charge in [0.1, 0.15) is 23.9 Å². The number of hydrogen-bond donors (Lipinski definition) is 6. The summed E-state index contributed by atoms with van der Waals surface area (Å²) in [4.78, 5) is 50.3. The van der Waals surface area contributed by atoms with Crippen molar-refractivity contribution in [3.05, 3.63) is 65.7 Å². The lowest BCUT2D eigenvalue weighted by Gasteiger charge is -2.26. The van der Waals surface area contributed by atoms with Crippen LogP contribution in [0, 0.1) is 5.92 Å². The number of hydrogen-bond acceptors (Lipinski definition) is 6. The predicted molar refractivity (Wildman–Crippen MR) is 138 cm³/mol. The largest absolute Gasteiger partial charge is 0.508 e. The van der Waals surface area contributed by atoms with Crippen LogP contribution in [0.1, 0.15) is 38.3 Å². The third kappa shape index (κ3) is 9.23. The van der Waals surface area contributed by atoms with Gasteiger partial charge in [0.15, 0.2) is 0 Å². The first kappa shape index (κ1) is 29.3. The summed E-state index contributed by atoms with van der Waals surface area (Å²) in [6.45, 7) is 5.00. The summed E-state index contributed by atoms with van der Waals surface area (Å²) in [5.74, 6) is -3.29. The maximum absolute atomic E-state index is 13.1. The van der Waals surface area contributed by atoms with Crippen LogP contribution in [-0.2, 0) is 32.0 Å². The molecule has 0 bridgehead atoms. The van der Waals surface area contributed by atoms with Crippen LogP contribution >= 0.6 is 0 Å². The summed E-state index contributed by atoms with van der Waals surface area (Å²) in [5, 5.41) is 26.8. The van der Waals surface area contributed by atoms with Crippen LogP contribution in [0.3, 0.4) is 0 Å². The van der Waals surface area contributed by atoms with Gasteiger partial charge in [-0.25, -0.2) is 4.79 Å². The highest BCUT2D eigenvalue weighted by atomic mass is 16.4. The number of aromatic hydroxyl groups is 1. The minimum Gasteiger partial charge on any atom is -0.508 e. The summed E-state index contributed by atoms with van der Waals surface area (Å²) in [7, 11) is 0. The fraction of sp³-hybridized carbons (Fsp3) is 0.407. The lowest BCUT2D eigenvalue weighted by Crippen LogP contribution is -2.57. The van der Waals surface area contributed by atoms with Crippen molar-refractivity contribution in [3.8, 4) is 5.75 Å². The van der Waals surface area contributed by atoms with Crippen LogP contribution in [-0.4, -0.2) is 58.1 Å². The summed E-state index contributed by atoms with van der Waals surface area (Å²) < 4.78 is 0. The van der Waals surface area contributed by atoms with Crippen molar-refractivity contribution in [3.63, 3.8) is 0 Å². The second-order valence-electron chi connectivity index (χ2n) is 9.17. The zero-order valence-corrected chi connectivity index (χ0v) is 21.3. The Labute approximate surface area is 216 Å². The number of carboxylic acids is 1. The van der Waals surface area contributed by atoms with Crippen molar-refractivity contribution in [1.82, 2.24) is 16.0 Å². The second-order valence-corrected chi connectivity index (χ2v) is 9.17. The van der Waals surface area contributed by atoms with E-state index < -0.39 is 47.9 Å².